The molecule has 2 atom stereocenters. The Bertz CT molecular complexity index is 241. The summed E-state index contributed by atoms with van der Waals surface area (Å²) in [6.45, 7) is 3.23. The SMILES string of the molecule is CCCP(=O)(O)CC(O)COC(=O)CC. The summed E-state index contributed by atoms with van der Waals surface area (Å²) in [6, 6.07) is 0. The van der Waals surface area contributed by atoms with Gasteiger partial charge < -0.3 is 14.7 Å². The summed E-state index contributed by atoms with van der Waals surface area (Å²) in [5.41, 5.74) is 0. The van der Waals surface area contributed by atoms with Crippen LogP contribution < -0.4 is 0 Å². The molecule has 0 aromatic rings. The summed E-state index contributed by atoms with van der Waals surface area (Å²) < 4.78 is 16.0. The summed E-state index contributed by atoms with van der Waals surface area (Å²) in [5, 5.41) is 9.35. The van der Waals surface area contributed by atoms with Crippen molar-refractivity contribution in [3.63, 3.8) is 0 Å². The number of hydrogen-bond acceptors (Lipinski definition) is 4. The maximum absolute atomic E-state index is 11.4. The Morgan fingerprint density at radius 3 is 2.53 bits per heavy atom. The molecule has 0 saturated heterocycles. The Kier molecular flexibility index (Phi) is 6.81. The number of aliphatic hydroxyl groups excluding tert-OH is 1. The highest BCUT2D eigenvalue weighted by Crippen LogP contribution is 2.41. The smallest absolute Gasteiger partial charge is 0.305 e. The van der Waals surface area contributed by atoms with Crippen molar-refractivity contribution >= 4 is 13.3 Å². The zero-order valence-electron chi connectivity index (χ0n) is 9.18. The highest BCUT2D eigenvalue weighted by atomic mass is 31.2. The molecule has 0 spiro atoms. The zero-order chi connectivity index (χ0) is 11.9. The second kappa shape index (κ2) is 6.99. The zero-order valence-corrected chi connectivity index (χ0v) is 10.1. The van der Waals surface area contributed by atoms with Gasteiger partial charge in [0.25, 0.3) is 0 Å². The molecule has 15 heavy (non-hydrogen) atoms. The Labute approximate surface area is 89.9 Å². The third-order valence-electron chi connectivity index (χ3n) is 1.79. The van der Waals surface area contributed by atoms with E-state index < -0.39 is 19.4 Å². The largest absolute Gasteiger partial charge is 0.463 e. The van der Waals surface area contributed by atoms with E-state index in [1.807, 2.05) is 0 Å². The standard InChI is InChI=1S/C9H19O5P/c1-3-5-15(12,13)7-8(10)6-14-9(11)4-2/h8,10H,3-7H2,1-2H3,(H,12,13). The molecule has 2 N–H and O–H groups in total. The van der Waals surface area contributed by atoms with Gasteiger partial charge in [-0.2, -0.15) is 0 Å². The highest BCUT2D eigenvalue weighted by molar-refractivity contribution is 7.58. The van der Waals surface area contributed by atoms with Crippen LogP contribution in [0.4, 0.5) is 0 Å². The van der Waals surface area contributed by atoms with Crippen molar-refractivity contribution in [2.75, 3.05) is 18.9 Å². The van der Waals surface area contributed by atoms with Crippen LogP contribution in [-0.4, -0.2) is 41.0 Å². The first-order valence-electron chi connectivity index (χ1n) is 5.05. The van der Waals surface area contributed by atoms with Crippen molar-refractivity contribution < 1.29 is 24.1 Å². The highest BCUT2D eigenvalue weighted by Gasteiger charge is 2.22. The van der Waals surface area contributed by atoms with Gasteiger partial charge in [0, 0.05) is 12.6 Å². The van der Waals surface area contributed by atoms with E-state index in [0.717, 1.165) is 0 Å². The number of aliphatic hydroxyl groups is 1. The minimum atomic E-state index is -3.26. The van der Waals surface area contributed by atoms with E-state index in [9.17, 15) is 19.4 Å². The summed E-state index contributed by atoms with van der Waals surface area (Å²) in [4.78, 5) is 20.1. The van der Waals surface area contributed by atoms with Gasteiger partial charge >= 0.3 is 5.97 Å². The molecule has 0 aliphatic rings. The molecule has 0 heterocycles. The molecular formula is C9H19O5P. The van der Waals surface area contributed by atoms with Crippen LogP contribution in [0.3, 0.4) is 0 Å². The molecule has 0 aliphatic heterocycles. The molecule has 90 valence electrons. The van der Waals surface area contributed by atoms with Crippen LogP contribution in [0.2, 0.25) is 0 Å². The minimum Gasteiger partial charge on any atom is -0.463 e. The molecular weight excluding hydrogens is 219 g/mol. The fourth-order valence-corrected chi connectivity index (χ4v) is 2.76. The van der Waals surface area contributed by atoms with E-state index in [1.165, 1.54) is 0 Å². The molecule has 0 fully saturated rings. The van der Waals surface area contributed by atoms with Gasteiger partial charge in [-0.3, -0.25) is 9.36 Å². The maximum atomic E-state index is 11.4. The molecule has 5 nitrogen and oxygen atoms in total. The lowest BCUT2D eigenvalue weighted by atomic mass is 10.4. The van der Waals surface area contributed by atoms with E-state index in [1.54, 1.807) is 13.8 Å². The van der Waals surface area contributed by atoms with Gasteiger partial charge in [0.2, 0.25) is 7.37 Å². The summed E-state index contributed by atoms with van der Waals surface area (Å²) in [7, 11) is -3.26. The summed E-state index contributed by atoms with van der Waals surface area (Å²) in [5.74, 6) is -0.419. The first-order chi connectivity index (χ1) is 6.91. The van der Waals surface area contributed by atoms with Gasteiger partial charge in [-0.15, -0.1) is 0 Å². The van der Waals surface area contributed by atoms with Crippen LogP contribution in [0.25, 0.3) is 0 Å². The van der Waals surface area contributed by atoms with Crippen LogP contribution in [0.5, 0.6) is 0 Å². The number of carbonyl (C=O) groups is 1. The molecule has 0 aliphatic carbocycles. The second-order valence-corrected chi connectivity index (χ2v) is 5.95. The predicted molar refractivity (Wildman–Crippen MR) is 57.1 cm³/mol. The molecule has 0 amide bonds. The van der Waals surface area contributed by atoms with Crippen molar-refractivity contribution in [1.29, 1.82) is 0 Å². The average Bonchev–Trinajstić information content (AvgIpc) is 2.13. The van der Waals surface area contributed by atoms with Gasteiger partial charge in [-0.05, 0) is 6.42 Å². The maximum Gasteiger partial charge on any atom is 0.305 e. The topological polar surface area (TPSA) is 83.8 Å². The van der Waals surface area contributed by atoms with Gasteiger partial charge in [0.15, 0.2) is 0 Å². The predicted octanol–water partition coefficient (Wildman–Crippen LogP) is 0.981. The number of hydrogen-bond donors (Lipinski definition) is 2. The summed E-state index contributed by atoms with van der Waals surface area (Å²) >= 11 is 0. The quantitative estimate of drug-likeness (QED) is 0.510. The van der Waals surface area contributed by atoms with Crippen molar-refractivity contribution in [1.82, 2.24) is 0 Å². The van der Waals surface area contributed by atoms with Gasteiger partial charge in [0.05, 0.1) is 12.3 Å². The van der Waals surface area contributed by atoms with Crippen molar-refractivity contribution in [2.24, 2.45) is 0 Å². The Morgan fingerprint density at radius 2 is 2.07 bits per heavy atom. The van der Waals surface area contributed by atoms with Gasteiger partial charge in [-0.1, -0.05) is 13.8 Å². The molecule has 0 rings (SSSR count). The molecule has 0 radical (unpaired) electrons. The summed E-state index contributed by atoms with van der Waals surface area (Å²) in [6.07, 6.45) is -0.250. The molecule has 6 heteroatoms. The van der Waals surface area contributed by atoms with Crippen LogP contribution in [0.15, 0.2) is 0 Å². The molecule has 0 aromatic carbocycles. The van der Waals surface area contributed by atoms with E-state index in [4.69, 9.17) is 0 Å². The van der Waals surface area contributed by atoms with Crippen LogP contribution >= 0.6 is 7.37 Å². The van der Waals surface area contributed by atoms with E-state index in [2.05, 4.69) is 4.74 Å². The fourth-order valence-electron chi connectivity index (χ4n) is 1.11. The van der Waals surface area contributed by atoms with Crippen LogP contribution in [-0.2, 0) is 14.1 Å². The lowest BCUT2D eigenvalue weighted by molar-refractivity contribution is -0.145. The van der Waals surface area contributed by atoms with Gasteiger partial charge in [0.1, 0.15) is 6.61 Å². The lowest BCUT2D eigenvalue weighted by Gasteiger charge is -2.15. The van der Waals surface area contributed by atoms with Crippen LogP contribution in [0, 0.1) is 0 Å². The normalized spacial score (nSPS) is 16.8. The fraction of sp³-hybridized carbons (Fsp3) is 0.889. The van der Waals surface area contributed by atoms with Crippen molar-refractivity contribution in [2.45, 2.75) is 32.8 Å². The number of esters is 1. The number of rotatable bonds is 7. The van der Waals surface area contributed by atoms with E-state index in [0.29, 0.717) is 6.42 Å². The molecule has 0 saturated carbocycles. The minimum absolute atomic E-state index is 0.186. The second-order valence-electron chi connectivity index (χ2n) is 3.44. The van der Waals surface area contributed by atoms with Crippen molar-refractivity contribution in [3.8, 4) is 0 Å². The Hall–Kier alpha value is -0.380. The third kappa shape index (κ3) is 7.54. The monoisotopic (exact) mass is 238 g/mol. The molecule has 0 aromatic heterocycles. The Morgan fingerprint density at radius 1 is 1.47 bits per heavy atom. The van der Waals surface area contributed by atoms with Crippen LogP contribution in [0.1, 0.15) is 26.7 Å². The van der Waals surface area contributed by atoms with Crippen molar-refractivity contribution in [3.05, 3.63) is 0 Å². The Balaban J connectivity index is 3.87. The molecule has 2 unspecified atom stereocenters. The van der Waals surface area contributed by atoms with E-state index >= 15 is 0 Å². The third-order valence-corrected chi connectivity index (χ3v) is 3.93. The number of carbonyl (C=O) groups excluding carboxylic acids is 1. The molecule has 0 bridgehead atoms. The first-order valence-corrected chi connectivity index (χ1v) is 7.08. The first kappa shape index (κ1) is 14.6. The average molecular weight is 238 g/mol. The van der Waals surface area contributed by atoms with E-state index in [-0.39, 0.29) is 25.4 Å². The van der Waals surface area contributed by atoms with Gasteiger partial charge in [-0.25, -0.2) is 0 Å². The lowest BCUT2D eigenvalue weighted by Crippen LogP contribution is -2.22. The number of ether oxygens (including phenoxy) is 1.